The van der Waals surface area contributed by atoms with Gasteiger partial charge in [0, 0.05) is 19.3 Å². The number of carbonyl (C=O) groups excluding carboxylic acids is 1. The van der Waals surface area contributed by atoms with Crippen LogP contribution in [0.25, 0.3) is 0 Å². The summed E-state index contributed by atoms with van der Waals surface area (Å²) in [5.41, 5.74) is 2.40. The maximum Gasteiger partial charge on any atom is 0.275 e. The Morgan fingerprint density at radius 2 is 1.92 bits per heavy atom. The molecule has 0 unspecified atom stereocenters. The van der Waals surface area contributed by atoms with Gasteiger partial charge in [0.25, 0.3) is 5.91 Å². The van der Waals surface area contributed by atoms with Gasteiger partial charge in [-0.2, -0.15) is 5.26 Å². The summed E-state index contributed by atoms with van der Waals surface area (Å²) in [7, 11) is 1.92. The van der Waals surface area contributed by atoms with Crippen LogP contribution in [0.5, 0.6) is 0 Å². The first-order valence-corrected chi connectivity index (χ1v) is 8.04. The molecule has 0 fully saturated rings. The Morgan fingerprint density at radius 1 is 1.12 bits per heavy atom. The first-order chi connectivity index (χ1) is 12.7. The number of nitrogens with one attached hydrogen (secondary N) is 1. The molecule has 2 aromatic carbocycles. The number of benzene rings is 2. The lowest BCUT2D eigenvalue weighted by atomic mass is 10.2. The molecule has 0 aliphatic rings. The van der Waals surface area contributed by atoms with Crippen molar-refractivity contribution in [1.82, 2.24) is 9.97 Å². The number of nitriles is 1. The summed E-state index contributed by atoms with van der Waals surface area (Å²) in [6.45, 7) is 0.696. The number of amides is 1. The van der Waals surface area contributed by atoms with Gasteiger partial charge in [0.2, 0.25) is 0 Å². The van der Waals surface area contributed by atoms with Crippen molar-refractivity contribution in [1.29, 1.82) is 5.26 Å². The molecule has 0 aliphatic heterocycles. The second kappa shape index (κ2) is 7.90. The molecule has 0 saturated carbocycles. The molecule has 3 rings (SSSR count). The number of hydrogen-bond acceptors (Lipinski definition) is 5. The molecule has 0 atom stereocenters. The number of nitrogens with zero attached hydrogens (tertiary/aromatic N) is 4. The Kier molecular flexibility index (Phi) is 5.20. The zero-order valence-corrected chi connectivity index (χ0v) is 14.3. The van der Waals surface area contributed by atoms with E-state index < -0.39 is 0 Å². The number of aromatic nitrogens is 2. The Balaban J connectivity index is 1.66. The summed E-state index contributed by atoms with van der Waals surface area (Å²) in [6.07, 6.45) is 3.02. The highest BCUT2D eigenvalue weighted by atomic mass is 16.1. The molecule has 6 nitrogen and oxygen atoms in total. The Morgan fingerprint density at radius 3 is 2.62 bits per heavy atom. The van der Waals surface area contributed by atoms with Gasteiger partial charge in [-0.15, -0.1) is 0 Å². The minimum atomic E-state index is -0.371. The summed E-state index contributed by atoms with van der Waals surface area (Å²) < 4.78 is 0. The molecule has 0 bridgehead atoms. The van der Waals surface area contributed by atoms with Crippen LogP contribution in [0.2, 0.25) is 0 Å². The third kappa shape index (κ3) is 4.22. The molecular formula is C20H17N5O. The van der Waals surface area contributed by atoms with Crippen molar-refractivity contribution in [3.05, 3.63) is 83.8 Å². The molecule has 1 heterocycles. The monoisotopic (exact) mass is 343 g/mol. The van der Waals surface area contributed by atoms with E-state index in [2.05, 4.69) is 15.3 Å². The molecule has 0 radical (unpaired) electrons. The normalized spacial score (nSPS) is 10.0. The zero-order valence-electron chi connectivity index (χ0n) is 14.3. The lowest BCUT2D eigenvalue weighted by Gasteiger charge is -2.17. The van der Waals surface area contributed by atoms with Crippen LogP contribution < -0.4 is 10.2 Å². The third-order valence-electron chi connectivity index (χ3n) is 3.77. The molecule has 1 N–H and O–H groups in total. The fourth-order valence-electron chi connectivity index (χ4n) is 2.44. The van der Waals surface area contributed by atoms with E-state index in [1.54, 1.807) is 30.5 Å². The van der Waals surface area contributed by atoms with Crippen LogP contribution >= 0.6 is 0 Å². The topological polar surface area (TPSA) is 81.9 Å². The summed E-state index contributed by atoms with van der Waals surface area (Å²) >= 11 is 0. The van der Waals surface area contributed by atoms with Crippen LogP contribution in [0.1, 0.15) is 21.6 Å². The van der Waals surface area contributed by atoms with Gasteiger partial charge in [-0.3, -0.25) is 4.79 Å². The molecule has 3 aromatic rings. The van der Waals surface area contributed by atoms with Crippen molar-refractivity contribution in [2.24, 2.45) is 0 Å². The Bertz CT molecular complexity index is 932. The molecule has 26 heavy (non-hydrogen) atoms. The van der Waals surface area contributed by atoms with Crippen LogP contribution in [-0.4, -0.2) is 22.9 Å². The van der Waals surface area contributed by atoms with Crippen molar-refractivity contribution in [3.63, 3.8) is 0 Å². The second-order valence-electron chi connectivity index (χ2n) is 5.75. The van der Waals surface area contributed by atoms with Gasteiger partial charge in [0.05, 0.1) is 24.0 Å². The van der Waals surface area contributed by atoms with E-state index in [-0.39, 0.29) is 11.6 Å². The highest BCUT2D eigenvalue weighted by molar-refractivity contribution is 6.02. The lowest BCUT2D eigenvalue weighted by molar-refractivity contribution is 0.102. The second-order valence-corrected chi connectivity index (χ2v) is 5.75. The minimum Gasteiger partial charge on any atom is -0.354 e. The van der Waals surface area contributed by atoms with Gasteiger partial charge in [-0.1, -0.05) is 36.4 Å². The predicted octanol–water partition coefficient (Wildman–Crippen LogP) is 3.24. The maximum absolute atomic E-state index is 12.3. The quantitative estimate of drug-likeness (QED) is 0.769. The van der Waals surface area contributed by atoms with Crippen molar-refractivity contribution in [2.45, 2.75) is 6.54 Å². The van der Waals surface area contributed by atoms with E-state index in [0.29, 0.717) is 23.6 Å². The number of anilines is 2. The summed E-state index contributed by atoms with van der Waals surface area (Å²) in [5.74, 6) is 0.307. The van der Waals surface area contributed by atoms with E-state index in [1.165, 1.54) is 6.20 Å². The summed E-state index contributed by atoms with van der Waals surface area (Å²) in [4.78, 5) is 22.8. The van der Waals surface area contributed by atoms with E-state index in [9.17, 15) is 4.79 Å². The van der Waals surface area contributed by atoms with E-state index >= 15 is 0 Å². The minimum absolute atomic E-state index is 0.212. The molecule has 6 heteroatoms. The fourth-order valence-corrected chi connectivity index (χ4v) is 2.44. The number of hydrogen-bond donors (Lipinski definition) is 1. The highest BCUT2D eigenvalue weighted by Crippen LogP contribution is 2.13. The van der Waals surface area contributed by atoms with Gasteiger partial charge in [-0.25, -0.2) is 9.97 Å². The van der Waals surface area contributed by atoms with Crippen molar-refractivity contribution in [3.8, 4) is 6.07 Å². The largest absolute Gasteiger partial charge is 0.354 e. The van der Waals surface area contributed by atoms with Crippen LogP contribution in [-0.2, 0) is 6.54 Å². The molecule has 0 spiro atoms. The Hall–Kier alpha value is -3.72. The van der Waals surface area contributed by atoms with Crippen molar-refractivity contribution in [2.75, 3.05) is 17.3 Å². The van der Waals surface area contributed by atoms with Crippen molar-refractivity contribution >= 4 is 17.4 Å². The lowest BCUT2D eigenvalue weighted by Crippen LogP contribution is -2.19. The van der Waals surface area contributed by atoms with Gasteiger partial charge < -0.3 is 10.2 Å². The molecule has 1 aromatic heterocycles. The van der Waals surface area contributed by atoms with Gasteiger partial charge in [0.1, 0.15) is 11.5 Å². The van der Waals surface area contributed by atoms with Crippen molar-refractivity contribution < 1.29 is 4.79 Å². The van der Waals surface area contributed by atoms with E-state index in [0.717, 1.165) is 5.56 Å². The van der Waals surface area contributed by atoms with E-state index in [4.69, 9.17) is 5.26 Å². The molecule has 0 aliphatic carbocycles. The average molecular weight is 343 g/mol. The van der Waals surface area contributed by atoms with Gasteiger partial charge >= 0.3 is 0 Å². The number of rotatable bonds is 5. The predicted molar refractivity (Wildman–Crippen MR) is 99.7 cm³/mol. The molecule has 0 saturated heterocycles. The standard InChI is InChI=1S/C20H17N5O/c1-25(14-15-6-3-2-4-7-15)19-13-22-18(12-23-19)20(26)24-17-9-5-8-16(10-17)11-21/h2-10,12-13H,14H2,1H3,(H,24,26). The average Bonchev–Trinajstić information content (AvgIpc) is 2.69. The van der Waals surface area contributed by atoms with Gasteiger partial charge in [0.15, 0.2) is 0 Å². The Labute approximate surface area is 151 Å². The first kappa shape index (κ1) is 17.1. The van der Waals surface area contributed by atoms with Crippen LogP contribution in [0.3, 0.4) is 0 Å². The maximum atomic E-state index is 12.3. The van der Waals surface area contributed by atoms with Crippen LogP contribution in [0.15, 0.2) is 67.0 Å². The third-order valence-corrected chi connectivity index (χ3v) is 3.77. The number of carbonyl (C=O) groups is 1. The smallest absolute Gasteiger partial charge is 0.275 e. The fraction of sp³-hybridized carbons (Fsp3) is 0.100. The molecule has 1 amide bonds. The SMILES string of the molecule is CN(Cc1ccccc1)c1cnc(C(=O)Nc2cccc(C#N)c2)cn1. The van der Waals surface area contributed by atoms with E-state index in [1.807, 2.05) is 48.3 Å². The molecule has 128 valence electrons. The van der Waals surface area contributed by atoms with Crippen LogP contribution in [0, 0.1) is 11.3 Å². The van der Waals surface area contributed by atoms with Gasteiger partial charge in [-0.05, 0) is 23.8 Å². The first-order valence-electron chi connectivity index (χ1n) is 8.04. The molecular weight excluding hydrogens is 326 g/mol. The summed E-state index contributed by atoms with van der Waals surface area (Å²) in [5, 5.41) is 11.6. The zero-order chi connectivity index (χ0) is 18.4. The van der Waals surface area contributed by atoms with Crippen LogP contribution in [0.4, 0.5) is 11.5 Å². The highest BCUT2D eigenvalue weighted by Gasteiger charge is 2.10. The summed E-state index contributed by atoms with van der Waals surface area (Å²) in [6, 6.07) is 18.8.